The number of aromatic nitrogens is 2. The van der Waals surface area contributed by atoms with Gasteiger partial charge in [0.25, 0.3) is 5.91 Å². The van der Waals surface area contributed by atoms with Gasteiger partial charge in [-0.1, -0.05) is 10.6 Å². The van der Waals surface area contributed by atoms with Crippen LogP contribution in [-0.4, -0.2) is 22.1 Å². The number of anilines is 2. The fraction of sp³-hybridized carbons (Fsp3) is 0.100. The van der Waals surface area contributed by atoms with Crippen LogP contribution < -0.4 is 15.8 Å². The van der Waals surface area contributed by atoms with Gasteiger partial charge in [0, 0.05) is 23.3 Å². The number of nitrogens with one attached hydrogen (secondary N) is 1. The van der Waals surface area contributed by atoms with E-state index in [-0.39, 0.29) is 12.5 Å². The van der Waals surface area contributed by atoms with Crippen LogP contribution in [0.15, 0.2) is 30.5 Å². The first kappa shape index (κ1) is 11.3. The van der Waals surface area contributed by atoms with Crippen LogP contribution in [0.3, 0.4) is 0 Å². The van der Waals surface area contributed by atoms with Crippen LogP contribution in [0.1, 0.15) is 0 Å². The first-order valence-electron chi connectivity index (χ1n) is 4.79. The molecule has 6 nitrogen and oxygen atoms in total. The van der Waals surface area contributed by atoms with Crippen molar-refractivity contribution in [1.29, 1.82) is 0 Å². The SMILES string of the molecule is Nc1cccc(OCC(=O)Nc2cnns2)c1. The van der Waals surface area contributed by atoms with Crippen molar-refractivity contribution >= 4 is 28.1 Å². The van der Waals surface area contributed by atoms with Crippen molar-refractivity contribution in [2.45, 2.75) is 0 Å². The summed E-state index contributed by atoms with van der Waals surface area (Å²) in [4.78, 5) is 11.5. The van der Waals surface area contributed by atoms with Crippen LogP contribution in [0, 0.1) is 0 Å². The highest BCUT2D eigenvalue weighted by Gasteiger charge is 2.05. The first-order valence-corrected chi connectivity index (χ1v) is 5.57. The lowest BCUT2D eigenvalue weighted by Crippen LogP contribution is -2.19. The van der Waals surface area contributed by atoms with Gasteiger partial charge in [-0.15, -0.1) is 5.10 Å². The van der Waals surface area contributed by atoms with Gasteiger partial charge in [0.1, 0.15) is 10.8 Å². The molecule has 3 N–H and O–H groups in total. The Balaban J connectivity index is 1.84. The van der Waals surface area contributed by atoms with Gasteiger partial charge < -0.3 is 15.8 Å². The molecular weight excluding hydrogens is 240 g/mol. The molecule has 0 bridgehead atoms. The number of rotatable bonds is 4. The fourth-order valence-electron chi connectivity index (χ4n) is 1.15. The van der Waals surface area contributed by atoms with E-state index in [9.17, 15) is 4.79 Å². The summed E-state index contributed by atoms with van der Waals surface area (Å²) in [6.07, 6.45) is 1.48. The minimum atomic E-state index is -0.265. The smallest absolute Gasteiger partial charge is 0.262 e. The molecule has 1 heterocycles. The van der Waals surface area contributed by atoms with Crippen molar-refractivity contribution in [1.82, 2.24) is 9.59 Å². The number of hydrogen-bond acceptors (Lipinski definition) is 6. The number of ether oxygens (including phenoxy) is 1. The zero-order chi connectivity index (χ0) is 12.1. The minimum Gasteiger partial charge on any atom is -0.484 e. The van der Waals surface area contributed by atoms with Gasteiger partial charge in [-0.05, 0) is 12.1 Å². The molecule has 0 radical (unpaired) electrons. The number of nitrogens with zero attached hydrogens (tertiary/aromatic N) is 2. The summed E-state index contributed by atoms with van der Waals surface area (Å²) in [7, 11) is 0. The Morgan fingerprint density at radius 2 is 2.41 bits per heavy atom. The molecule has 2 rings (SSSR count). The number of benzene rings is 1. The molecule has 0 atom stereocenters. The van der Waals surface area contributed by atoms with Crippen molar-refractivity contribution in [3.05, 3.63) is 30.5 Å². The van der Waals surface area contributed by atoms with Gasteiger partial charge in [0.15, 0.2) is 6.61 Å². The third-order valence-corrected chi connectivity index (χ3v) is 2.43. The van der Waals surface area contributed by atoms with Crippen molar-refractivity contribution in [2.75, 3.05) is 17.7 Å². The van der Waals surface area contributed by atoms with E-state index >= 15 is 0 Å². The molecule has 0 saturated carbocycles. The van der Waals surface area contributed by atoms with Gasteiger partial charge in [-0.3, -0.25) is 4.79 Å². The van der Waals surface area contributed by atoms with Crippen LogP contribution in [0.5, 0.6) is 5.75 Å². The van der Waals surface area contributed by atoms with Crippen LogP contribution in [-0.2, 0) is 4.79 Å². The van der Waals surface area contributed by atoms with E-state index in [4.69, 9.17) is 10.5 Å². The normalized spacial score (nSPS) is 9.88. The molecule has 1 amide bonds. The molecular formula is C10H10N4O2S. The molecule has 0 aliphatic carbocycles. The van der Waals surface area contributed by atoms with Crippen LogP contribution in [0.2, 0.25) is 0 Å². The summed E-state index contributed by atoms with van der Waals surface area (Å²) in [5.41, 5.74) is 6.17. The topological polar surface area (TPSA) is 90.1 Å². The quantitative estimate of drug-likeness (QED) is 0.794. The fourth-order valence-corrected chi connectivity index (χ4v) is 1.58. The summed E-state index contributed by atoms with van der Waals surface area (Å²) in [6.45, 7) is -0.0820. The van der Waals surface area contributed by atoms with E-state index in [0.29, 0.717) is 16.4 Å². The van der Waals surface area contributed by atoms with E-state index in [1.807, 2.05) is 0 Å². The molecule has 1 aromatic heterocycles. The summed E-state index contributed by atoms with van der Waals surface area (Å²) in [5, 5.41) is 6.80. The van der Waals surface area contributed by atoms with E-state index < -0.39 is 0 Å². The second kappa shape index (κ2) is 5.26. The number of carbonyl (C=O) groups excluding carboxylic acids is 1. The van der Waals surface area contributed by atoms with Gasteiger partial charge in [-0.2, -0.15) is 0 Å². The maximum Gasteiger partial charge on any atom is 0.262 e. The molecule has 1 aromatic carbocycles. The zero-order valence-electron chi connectivity index (χ0n) is 8.79. The molecule has 2 aromatic rings. The third kappa shape index (κ3) is 3.42. The highest BCUT2D eigenvalue weighted by atomic mass is 32.1. The highest BCUT2D eigenvalue weighted by Crippen LogP contribution is 2.14. The Labute approximate surface area is 102 Å². The third-order valence-electron chi connectivity index (χ3n) is 1.85. The Morgan fingerprint density at radius 3 is 3.12 bits per heavy atom. The predicted molar refractivity (Wildman–Crippen MR) is 64.9 cm³/mol. The lowest BCUT2D eigenvalue weighted by Gasteiger charge is -2.06. The van der Waals surface area contributed by atoms with Gasteiger partial charge in [-0.25, -0.2) is 0 Å². The summed E-state index contributed by atoms with van der Waals surface area (Å²) in [5.74, 6) is 0.293. The zero-order valence-corrected chi connectivity index (χ0v) is 9.61. The monoisotopic (exact) mass is 250 g/mol. The number of amides is 1. The first-order chi connectivity index (χ1) is 8.24. The minimum absolute atomic E-state index is 0.0820. The van der Waals surface area contributed by atoms with Gasteiger partial charge >= 0.3 is 0 Å². The molecule has 0 aliphatic heterocycles. The Hall–Kier alpha value is -2.15. The molecule has 0 aliphatic rings. The second-order valence-corrected chi connectivity index (χ2v) is 3.98. The molecule has 7 heteroatoms. The standard InChI is InChI=1S/C10H10N4O2S/c11-7-2-1-3-8(4-7)16-6-9(15)13-10-5-12-14-17-10/h1-5H,6,11H2,(H,13,15). The lowest BCUT2D eigenvalue weighted by atomic mass is 10.3. The van der Waals surface area contributed by atoms with Crippen LogP contribution in [0.25, 0.3) is 0 Å². The lowest BCUT2D eigenvalue weighted by molar-refractivity contribution is -0.118. The van der Waals surface area contributed by atoms with Crippen molar-refractivity contribution in [2.24, 2.45) is 0 Å². The molecule has 0 unspecified atom stereocenters. The summed E-state index contributed by atoms with van der Waals surface area (Å²) in [6, 6.07) is 6.89. The highest BCUT2D eigenvalue weighted by molar-refractivity contribution is 7.10. The maximum absolute atomic E-state index is 11.5. The molecule has 0 spiro atoms. The maximum atomic E-state index is 11.5. The van der Waals surface area contributed by atoms with E-state index in [2.05, 4.69) is 14.9 Å². The van der Waals surface area contributed by atoms with Crippen molar-refractivity contribution < 1.29 is 9.53 Å². The molecule has 0 fully saturated rings. The van der Waals surface area contributed by atoms with Gasteiger partial charge in [0.2, 0.25) is 0 Å². The number of nitrogens with two attached hydrogens (primary N) is 1. The number of carbonyl (C=O) groups is 1. The average Bonchev–Trinajstić information content (AvgIpc) is 2.79. The van der Waals surface area contributed by atoms with Crippen molar-refractivity contribution in [3.8, 4) is 5.75 Å². The van der Waals surface area contributed by atoms with Crippen molar-refractivity contribution in [3.63, 3.8) is 0 Å². The summed E-state index contributed by atoms with van der Waals surface area (Å²) < 4.78 is 8.89. The number of hydrogen-bond donors (Lipinski definition) is 2. The van der Waals surface area contributed by atoms with Crippen LogP contribution >= 0.6 is 11.5 Å². The molecule has 88 valence electrons. The second-order valence-electron chi connectivity index (χ2n) is 3.19. The van der Waals surface area contributed by atoms with Gasteiger partial charge in [0.05, 0.1) is 6.20 Å². The Kier molecular flexibility index (Phi) is 3.51. The molecule has 17 heavy (non-hydrogen) atoms. The summed E-state index contributed by atoms with van der Waals surface area (Å²) >= 11 is 1.11. The molecule has 0 saturated heterocycles. The van der Waals surface area contributed by atoms with Crippen LogP contribution in [0.4, 0.5) is 10.7 Å². The number of nitrogen functional groups attached to an aromatic ring is 1. The predicted octanol–water partition coefficient (Wildman–Crippen LogP) is 1.14. The Morgan fingerprint density at radius 1 is 1.53 bits per heavy atom. The van der Waals surface area contributed by atoms with E-state index in [1.54, 1.807) is 24.3 Å². The average molecular weight is 250 g/mol. The Bertz CT molecular complexity index is 501. The van der Waals surface area contributed by atoms with E-state index in [0.717, 1.165) is 11.5 Å². The largest absolute Gasteiger partial charge is 0.484 e. The van der Waals surface area contributed by atoms with E-state index in [1.165, 1.54) is 6.20 Å².